The van der Waals surface area contributed by atoms with Crippen LogP contribution in [0.25, 0.3) is 0 Å². The van der Waals surface area contributed by atoms with Crippen LogP contribution in [0, 0.1) is 0 Å². The Morgan fingerprint density at radius 2 is 1.62 bits per heavy atom. The van der Waals surface area contributed by atoms with Crippen molar-refractivity contribution in [1.29, 1.82) is 0 Å². The van der Waals surface area contributed by atoms with Crippen molar-refractivity contribution in [3.63, 3.8) is 0 Å². The zero-order valence-corrected chi connectivity index (χ0v) is 14.6. The Hall–Kier alpha value is -2.59. The first-order valence-corrected chi connectivity index (χ1v) is 9.11. The molecule has 2 rings (SSSR count). The summed E-state index contributed by atoms with van der Waals surface area (Å²) in [4.78, 5) is 23.3. The lowest BCUT2D eigenvalue weighted by atomic mass is 10.1. The molecule has 0 aromatic heterocycles. The van der Waals surface area contributed by atoms with Gasteiger partial charge in [-0.3, -0.25) is 14.1 Å². The first-order valence-electron chi connectivity index (χ1n) is 7.67. The molecule has 2 aromatic rings. The van der Waals surface area contributed by atoms with Gasteiger partial charge in [0.05, 0.1) is 11.4 Å². The van der Waals surface area contributed by atoms with Crippen molar-refractivity contribution in [2.45, 2.75) is 18.0 Å². The lowest BCUT2D eigenvalue weighted by Gasteiger charge is -2.09. The zero-order valence-electron chi connectivity index (χ0n) is 13.8. The molecule has 0 heterocycles. The predicted molar refractivity (Wildman–Crippen MR) is 95.1 cm³/mol. The number of rotatable bonds is 7. The number of hydrogen-bond donors (Lipinski definition) is 4. The summed E-state index contributed by atoms with van der Waals surface area (Å²) >= 11 is 0. The molecule has 0 atom stereocenters. The van der Waals surface area contributed by atoms with E-state index in [-0.39, 0.29) is 36.5 Å². The van der Waals surface area contributed by atoms with Gasteiger partial charge in [-0.1, -0.05) is 30.3 Å². The lowest BCUT2D eigenvalue weighted by Crippen LogP contribution is -2.23. The van der Waals surface area contributed by atoms with Crippen molar-refractivity contribution in [1.82, 2.24) is 5.32 Å². The number of nitrogens with one attached hydrogen (secondary N) is 1. The molecule has 0 radical (unpaired) electrons. The summed E-state index contributed by atoms with van der Waals surface area (Å²) in [5, 5.41) is 2.64. The Balaban J connectivity index is 2.12. The third-order valence-electron chi connectivity index (χ3n) is 3.74. The van der Waals surface area contributed by atoms with E-state index in [2.05, 4.69) is 5.32 Å². The maximum absolute atomic E-state index is 12.2. The van der Waals surface area contributed by atoms with Gasteiger partial charge in [0.25, 0.3) is 16.0 Å². The number of nitrogens with two attached hydrogens (primary N) is 2. The molecule has 8 nitrogen and oxygen atoms in total. The first-order chi connectivity index (χ1) is 12.3. The van der Waals surface area contributed by atoms with Crippen LogP contribution in [0.2, 0.25) is 0 Å². The summed E-state index contributed by atoms with van der Waals surface area (Å²) < 4.78 is 32.1. The standard InChI is InChI=1S/C17H19N3O5S/c18-8-14-6-5-13(7-16(14)26(23,24)25)17(22)20-10-11-1-3-12(4-2-11)15(21)9-19/h1-7H,8-10,18-19H2,(H,20,22)(H,23,24,25). The summed E-state index contributed by atoms with van der Waals surface area (Å²) in [5.74, 6) is -0.695. The van der Waals surface area contributed by atoms with Gasteiger partial charge in [-0.15, -0.1) is 0 Å². The van der Waals surface area contributed by atoms with Gasteiger partial charge in [-0.25, -0.2) is 0 Å². The molecule has 0 aliphatic carbocycles. The Morgan fingerprint density at radius 3 is 2.15 bits per heavy atom. The monoisotopic (exact) mass is 377 g/mol. The molecule has 0 aliphatic rings. The molecule has 0 unspecified atom stereocenters. The van der Waals surface area contributed by atoms with E-state index in [1.165, 1.54) is 12.1 Å². The van der Waals surface area contributed by atoms with Gasteiger partial charge in [0.2, 0.25) is 0 Å². The number of amides is 1. The zero-order chi connectivity index (χ0) is 19.3. The van der Waals surface area contributed by atoms with Crippen LogP contribution in [0.3, 0.4) is 0 Å². The van der Waals surface area contributed by atoms with Gasteiger partial charge in [0.1, 0.15) is 0 Å². The number of Topliss-reactive ketones (excluding diaryl/α,β-unsaturated/α-hetero) is 1. The lowest BCUT2D eigenvalue weighted by molar-refractivity contribution is 0.0949. The van der Waals surface area contributed by atoms with E-state index in [1.807, 2.05) is 0 Å². The molecule has 0 aliphatic heterocycles. The number of hydrogen-bond acceptors (Lipinski definition) is 6. The van der Waals surface area contributed by atoms with Crippen molar-refractivity contribution < 1.29 is 22.6 Å². The molecule has 26 heavy (non-hydrogen) atoms. The van der Waals surface area contributed by atoms with E-state index in [9.17, 15) is 22.6 Å². The first kappa shape index (κ1) is 19.7. The van der Waals surface area contributed by atoms with Crippen LogP contribution in [0.15, 0.2) is 47.4 Å². The summed E-state index contributed by atoms with van der Waals surface area (Å²) in [7, 11) is -4.49. The van der Waals surface area contributed by atoms with Crippen LogP contribution in [0.5, 0.6) is 0 Å². The number of carbonyl (C=O) groups is 2. The Bertz CT molecular complexity index is 924. The second-order valence-corrected chi connectivity index (χ2v) is 6.90. The van der Waals surface area contributed by atoms with Gasteiger partial charge in [-0.05, 0) is 23.3 Å². The average molecular weight is 377 g/mol. The fourth-order valence-corrected chi connectivity index (χ4v) is 3.07. The van der Waals surface area contributed by atoms with Gasteiger partial charge < -0.3 is 16.8 Å². The van der Waals surface area contributed by atoms with E-state index in [4.69, 9.17) is 11.5 Å². The van der Waals surface area contributed by atoms with Crippen LogP contribution < -0.4 is 16.8 Å². The molecule has 0 bridgehead atoms. The van der Waals surface area contributed by atoms with E-state index in [1.54, 1.807) is 24.3 Å². The van der Waals surface area contributed by atoms with Gasteiger partial charge in [0.15, 0.2) is 5.78 Å². The maximum Gasteiger partial charge on any atom is 0.294 e. The van der Waals surface area contributed by atoms with Crippen molar-refractivity contribution in [3.05, 3.63) is 64.7 Å². The predicted octanol–water partition coefficient (Wildman–Crippen LogP) is 0.463. The van der Waals surface area contributed by atoms with Crippen LogP contribution >= 0.6 is 0 Å². The third kappa shape index (κ3) is 4.73. The Labute approximate surface area is 150 Å². The van der Waals surface area contributed by atoms with Gasteiger partial charge in [0, 0.05) is 24.2 Å². The minimum Gasteiger partial charge on any atom is -0.348 e. The normalized spacial score (nSPS) is 11.2. The van der Waals surface area contributed by atoms with Crippen molar-refractivity contribution in [2.24, 2.45) is 11.5 Å². The molecule has 0 fully saturated rings. The van der Waals surface area contributed by atoms with Gasteiger partial charge in [-0.2, -0.15) is 8.42 Å². The fraction of sp³-hybridized carbons (Fsp3) is 0.176. The highest BCUT2D eigenvalue weighted by Crippen LogP contribution is 2.17. The Kier molecular flexibility index (Phi) is 6.22. The molecule has 1 amide bonds. The quantitative estimate of drug-likeness (QED) is 0.404. The molecular weight excluding hydrogens is 358 g/mol. The molecule has 6 N–H and O–H groups in total. The highest BCUT2D eigenvalue weighted by molar-refractivity contribution is 7.85. The highest BCUT2D eigenvalue weighted by atomic mass is 32.2. The third-order valence-corrected chi connectivity index (χ3v) is 4.68. The van der Waals surface area contributed by atoms with Crippen LogP contribution in [0.4, 0.5) is 0 Å². The maximum atomic E-state index is 12.2. The minimum absolute atomic E-state index is 0.0738. The summed E-state index contributed by atoms with van der Waals surface area (Å²) in [6.07, 6.45) is 0. The van der Waals surface area contributed by atoms with Crippen LogP contribution in [-0.2, 0) is 23.2 Å². The van der Waals surface area contributed by atoms with Gasteiger partial charge >= 0.3 is 0 Å². The molecular formula is C17H19N3O5S. The van der Waals surface area contributed by atoms with E-state index >= 15 is 0 Å². The molecule has 9 heteroatoms. The molecule has 138 valence electrons. The molecule has 0 saturated carbocycles. The molecule has 2 aromatic carbocycles. The number of carbonyl (C=O) groups excluding carboxylic acids is 2. The van der Waals surface area contributed by atoms with E-state index in [0.717, 1.165) is 11.6 Å². The van der Waals surface area contributed by atoms with Crippen molar-refractivity contribution >= 4 is 21.8 Å². The van der Waals surface area contributed by atoms with Crippen LogP contribution in [-0.4, -0.2) is 31.2 Å². The Morgan fingerprint density at radius 1 is 1.00 bits per heavy atom. The molecule has 0 saturated heterocycles. The second-order valence-electron chi connectivity index (χ2n) is 5.51. The highest BCUT2D eigenvalue weighted by Gasteiger charge is 2.17. The smallest absolute Gasteiger partial charge is 0.294 e. The van der Waals surface area contributed by atoms with Crippen molar-refractivity contribution in [3.8, 4) is 0 Å². The topological polar surface area (TPSA) is 153 Å². The number of benzene rings is 2. The van der Waals surface area contributed by atoms with E-state index in [0.29, 0.717) is 5.56 Å². The average Bonchev–Trinajstić information content (AvgIpc) is 2.64. The summed E-state index contributed by atoms with van der Waals surface area (Å²) in [6.45, 7) is 0.00560. The SMILES string of the molecule is NCC(=O)c1ccc(CNC(=O)c2ccc(CN)c(S(=O)(=O)O)c2)cc1. The van der Waals surface area contributed by atoms with E-state index < -0.39 is 20.9 Å². The summed E-state index contributed by atoms with van der Waals surface area (Å²) in [5.41, 5.74) is 12.3. The minimum atomic E-state index is -4.49. The number of ketones is 1. The summed E-state index contributed by atoms with van der Waals surface area (Å²) in [6, 6.07) is 10.5. The molecule has 0 spiro atoms. The van der Waals surface area contributed by atoms with Crippen LogP contribution in [0.1, 0.15) is 31.8 Å². The fourth-order valence-electron chi connectivity index (χ4n) is 2.32. The largest absolute Gasteiger partial charge is 0.348 e. The van der Waals surface area contributed by atoms with Crippen molar-refractivity contribution in [2.75, 3.05) is 6.54 Å². The second kappa shape index (κ2) is 8.19.